The van der Waals surface area contributed by atoms with E-state index in [-0.39, 0.29) is 17.0 Å². The zero-order valence-electron chi connectivity index (χ0n) is 6.23. The van der Waals surface area contributed by atoms with Crippen LogP contribution in [0.1, 0.15) is 26.7 Å². The van der Waals surface area contributed by atoms with Crippen molar-refractivity contribution in [3.8, 4) is 0 Å². The molecule has 54 valence electrons. The van der Waals surface area contributed by atoms with Crippen molar-refractivity contribution in [1.29, 1.82) is 0 Å². The van der Waals surface area contributed by atoms with E-state index in [4.69, 9.17) is 0 Å². The van der Waals surface area contributed by atoms with Crippen molar-refractivity contribution in [3.05, 3.63) is 6.42 Å². The molecule has 0 aliphatic heterocycles. The van der Waals surface area contributed by atoms with Crippen molar-refractivity contribution in [2.45, 2.75) is 26.7 Å². The van der Waals surface area contributed by atoms with Gasteiger partial charge in [0.25, 0.3) is 0 Å². The molecule has 0 heterocycles. The fourth-order valence-electron chi connectivity index (χ4n) is 1.18. The molecule has 0 amide bonds. The minimum absolute atomic E-state index is 0.139. The van der Waals surface area contributed by atoms with Crippen molar-refractivity contribution >= 4 is 11.6 Å². The van der Waals surface area contributed by atoms with E-state index in [0.717, 1.165) is 0 Å². The van der Waals surface area contributed by atoms with Crippen LogP contribution in [-0.2, 0) is 9.59 Å². The fraction of sp³-hybridized carbons (Fsp3) is 0.625. The molecule has 1 rings (SSSR count). The van der Waals surface area contributed by atoms with Gasteiger partial charge in [-0.15, -0.1) is 0 Å². The molecule has 1 aliphatic rings. The van der Waals surface area contributed by atoms with Crippen LogP contribution in [0.4, 0.5) is 0 Å². The lowest BCUT2D eigenvalue weighted by molar-refractivity contribution is -0.127. The van der Waals surface area contributed by atoms with Crippen LogP contribution < -0.4 is 0 Å². The predicted molar refractivity (Wildman–Crippen MR) is 36.3 cm³/mol. The quantitative estimate of drug-likeness (QED) is 0.501. The topological polar surface area (TPSA) is 34.1 Å². The van der Waals surface area contributed by atoms with Crippen molar-refractivity contribution in [1.82, 2.24) is 0 Å². The maximum absolute atomic E-state index is 10.8. The monoisotopic (exact) mass is 138 g/mol. The number of carbonyl (C=O) groups excluding carboxylic acids is 2. The molecule has 1 aliphatic carbocycles. The molecule has 1 fully saturated rings. The molecule has 0 N–H and O–H groups in total. The molecule has 2 nitrogen and oxygen atoms in total. The highest BCUT2D eigenvalue weighted by atomic mass is 16.1. The van der Waals surface area contributed by atoms with Gasteiger partial charge in [0.05, 0.1) is 0 Å². The van der Waals surface area contributed by atoms with Gasteiger partial charge in [-0.3, -0.25) is 9.59 Å². The summed E-state index contributed by atoms with van der Waals surface area (Å²) in [5, 5.41) is 0. The third kappa shape index (κ3) is 1.66. The summed E-state index contributed by atoms with van der Waals surface area (Å²) in [5.74, 6) is -0.303. The maximum Gasteiger partial charge on any atom is 0.150 e. The number of rotatable bonds is 0. The first-order valence-corrected chi connectivity index (χ1v) is 3.32. The van der Waals surface area contributed by atoms with E-state index in [1.807, 2.05) is 13.8 Å². The molecule has 1 saturated carbocycles. The number of ketones is 2. The van der Waals surface area contributed by atoms with E-state index in [9.17, 15) is 9.59 Å². The van der Waals surface area contributed by atoms with E-state index >= 15 is 0 Å². The van der Waals surface area contributed by atoms with E-state index in [2.05, 4.69) is 6.42 Å². The van der Waals surface area contributed by atoms with Gasteiger partial charge in [-0.05, 0) is 5.41 Å². The van der Waals surface area contributed by atoms with E-state index < -0.39 is 0 Å². The van der Waals surface area contributed by atoms with Gasteiger partial charge in [0, 0.05) is 12.8 Å². The van der Waals surface area contributed by atoms with E-state index in [0.29, 0.717) is 12.8 Å². The summed E-state index contributed by atoms with van der Waals surface area (Å²) in [6, 6.07) is 0. The summed E-state index contributed by atoms with van der Waals surface area (Å²) in [7, 11) is 0. The van der Waals surface area contributed by atoms with Crippen LogP contribution in [0.5, 0.6) is 0 Å². The first-order valence-electron chi connectivity index (χ1n) is 3.32. The fourth-order valence-corrected chi connectivity index (χ4v) is 1.18. The number of Topliss-reactive ketones (excluding diaryl/α,β-unsaturated/α-hetero) is 2. The van der Waals surface area contributed by atoms with Gasteiger partial charge in [-0.2, -0.15) is 0 Å². The van der Waals surface area contributed by atoms with Gasteiger partial charge in [0.1, 0.15) is 18.0 Å². The minimum atomic E-state index is -0.152. The van der Waals surface area contributed by atoms with Gasteiger partial charge >= 0.3 is 0 Å². The Bertz CT molecular complexity index is 162. The largest absolute Gasteiger partial charge is 0.298 e. The molecule has 0 spiro atoms. The van der Waals surface area contributed by atoms with Gasteiger partial charge in [-0.1, -0.05) is 13.8 Å². The van der Waals surface area contributed by atoms with Crippen molar-refractivity contribution in [2.24, 2.45) is 5.41 Å². The summed E-state index contributed by atoms with van der Waals surface area (Å²) < 4.78 is 0. The van der Waals surface area contributed by atoms with Gasteiger partial charge in [0.15, 0.2) is 0 Å². The molecular weight excluding hydrogens is 128 g/mol. The average Bonchev–Trinajstić information content (AvgIpc) is 1.54. The first kappa shape index (κ1) is 7.45. The second-order valence-electron chi connectivity index (χ2n) is 3.49. The smallest absolute Gasteiger partial charge is 0.150 e. The van der Waals surface area contributed by atoms with Crippen LogP contribution in [-0.4, -0.2) is 11.6 Å². The molecule has 2 radical (unpaired) electrons. The molecule has 0 saturated heterocycles. The van der Waals surface area contributed by atoms with Crippen LogP contribution in [0.3, 0.4) is 0 Å². The Balaban J connectivity index is 2.68. The zero-order chi connectivity index (χ0) is 7.78. The van der Waals surface area contributed by atoms with Crippen LogP contribution in [0.2, 0.25) is 0 Å². The van der Waals surface area contributed by atoms with Crippen molar-refractivity contribution in [3.63, 3.8) is 0 Å². The molecule has 0 unspecified atom stereocenters. The Hall–Kier alpha value is -0.660. The Kier molecular flexibility index (Phi) is 1.63. The third-order valence-electron chi connectivity index (χ3n) is 1.56. The summed E-state index contributed by atoms with van der Waals surface area (Å²) in [6.45, 7) is 3.84. The van der Waals surface area contributed by atoms with Crippen LogP contribution >= 0.6 is 0 Å². The van der Waals surface area contributed by atoms with E-state index in [1.54, 1.807) is 0 Å². The second kappa shape index (κ2) is 2.19. The lowest BCUT2D eigenvalue weighted by Crippen LogP contribution is -2.29. The molecule has 0 aromatic carbocycles. The van der Waals surface area contributed by atoms with E-state index in [1.165, 1.54) is 0 Å². The summed E-state index contributed by atoms with van der Waals surface area (Å²) in [5.41, 5.74) is -0.139. The molecule has 0 aromatic heterocycles. The summed E-state index contributed by atoms with van der Waals surface area (Å²) in [6.07, 6.45) is 3.17. The highest BCUT2D eigenvalue weighted by molar-refractivity contribution is 6.12. The summed E-state index contributed by atoms with van der Waals surface area (Å²) in [4.78, 5) is 21.5. The Morgan fingerprint density at radius 3 is 1.90 bits per heavy atom. The molecular formula is C8H10O2. The summed E-state index contributed by atoms with van der Waals surface area (Å²) >= 11 is 0. The van der Waals surface area contributed by atoms with Gasteiger partial charge in [0.2, 0.25) is 0 Å². The lowest BCUT2D eigenvalue weighted by atomic mass is 9.76. The van der Waals surface area contributed by atoms with Gasteiger partial charge < -0.3 is 0 Å². The van der Waals surface area contributed by atoms with Crippen LogP contribution in [0.25, 0.3) is 0 Å². The number of carbonyl (C=O) groups is 2. The first-order chi connectivity index (χ1) is 4.49. The molecule has 10 heavy (non-hydrogen) atoms. The Morgan fingerprint density at radius 1 is 1.20 bits per heavy atom. The van der Waals surface area contributed by atoms with Crippen LogP contribution in [0, 0.1) is 11.8 Å². The molecule has 0 bridgehead atoms. The second-order valence-corrected chi connectivity index (χ2v) is 3.49. The Morgan fingerprint density at radius 2 is 1.60 bits per heavy atom. The SMILES string of the molecule is CC1(C)CC(=O)[C]C(=O)C1. The van der Waals surface area contributed by atoms with Crippen molar-refractivity contribution < 1.29 is 9.59 Å². The molecule has 2 heteroatoms. The maximum atomic E-state index is 10.8. The van der Waals surface area contributed by atoms with Crippen LogP contribution in [0.15, 0.2) is 0 Å². The highest BCUT2D eigenvalue weighted by Crippen LogP contribution is 2.30. The van der Waals surface area contributed by atoms with Crippen molar-refractivity contribution in [2.75, 3.05) is 0 Å². The lowest BCUT2D eigenvalue weighted by Gasteiger charge is -2.26. The molecule has 0 aromatic rings. The minimum Gasteiger partial charge on any atom is -0.298 e. The predicted octanol–water partition coefficient (Wildman–Crippen LogP) is 1.03. The van der Waals surface area contributed by atoms with Gasteiger partial charge in [-0.25, -0.2) is 0 Å². The Labute approximate surface area is 60.6 Å². The number of hydrogen-bond donors (Lipinski definition) is 0. The number of hydrogen-bond acceptors (Lipinski definition) is 2. The zero-order valence-corrected chi connectivity index (χ0v) is 6.23. The third-order valence-corrected chi connectivity index (χ3v) is 1.56. The average molecular weight is 138 g/mol. The standard InChI is InChI=1S/C8H10O2/c1-8(2)4-6(9)3-7(10)5-8/h4-5H2,1-2H3. The normalized spacial score (nSPS) is 25.0. The molecule has 0 atom stereocenters. The highest BCUT2D eigenvalue weighted by Gasteiger charge is 2.31.